The highest BCUT2D eigenvalue weighted by Crippen LogP contribution is 2.29. The number of hydrogen-bond acceptors (Lipinski definition) is 4. The Balaban J connectivity index is 1.64. The molecule has 0 bridgehead atoms. The summed E-state index contributed by atoms with van der Waals surface area (Å²) in [5.41, 5.74) is 0.631. The molecule has 1 amide bonds. The third-order valence-corrected chi connectivity index (χ3v) is 4.55. The zero-order valence-corrected chi connectivity index (χ0v) is 13.9. The standard InChI is InChI=1S/C17H23ClN2O3/c18-13-5-6-16(23-11-14-4-2-8-22-14)15(9-13)20-17(21)12-3-1-7-19-10-12/h5-6,9,12,14,19H,1-4,7-8,10-11H2,(H,20,21). The van der Waals surface area contributed by atoms with Crippen LogP contribution in [0.5, 0.6) is 5.75 Å². The van der Waals surface area contributed by atoms with Gasteiger partial charge in [0.1, 0.15) is 12.4 Å². The second-order valence-corrected chi connectivity index (χ2v) is 6.56. The normalized spacial score (nSPS) is 24.4. The number of rotatable bonds is 5. The first-order valence-corrected chi connectivity index (χ1v) is 8.66. The summed E-state index contributed by atoms with van der Waals surface area (Å²) in [6.45, 7) is 3.00. The van der Waals surface area contributed by atoms with Crippen molar-refractivity contribution in [2.45, 2.75) is 31.8 Å². The number of amides is 1. The van der Waals surface area contributed by atoms with Crippen molar-refractivity contribution in [2.75, 3.05) is 31.6 Å². The predicted molar refractivity (Wildman–Crippen MR) is 90.1 cm³/mol. The Labute approximate surface area is 141 Å². The van der Waals surface area contributed by atoms with Gasteiger partial charge >= 0.3 is 0 Å². The van der Waals surface area contributed by atoms with E-state index in [0.29, 0.717) is 23.1 Å². The average Bonchev–Trinajstić information content (AvgIpc) is 3.08. The fraction of sp³-hybridized carbons (Fsp3) is 0.588. The second kappa shape index (κ2) is 7.99. The monoisotopic (exact) mass is 338 g/mol. The summed E-state index contributed by atoms with van der Waals surface area (Å²) in [6.07, 6.45) is 4.16. The number of nitrogens with one attached hydrogen (secondary N) is 2. The van der Waals surface area contributed by atoms with E-state index >= 15 is 0 Å². The van der Waals surface area contributed by atoms with E-state index in [0.717, 1.165) is 45.4 Å². The molecule has 0 spiro atoms. The summed E-state index contributed by atoms with van der Waals surface area (Å²) < 4.78 is 11.4. The summed E-state index contributed by atoms with van der Waals surface area (Å²) in [7, 11) is 0. The molecule has 2 heterocycles. The zero-order valence-electron chi connectivity index (χ0n) is 13.1. The molecule has 2 aliphatic heterocycles. The summed E-state index contributed by atoms with van der Waals surface area (Å²) in [5, 5.41) is 6.80. The summed E-state index contributed by atoms with van der Waals surface area (Å²) in [6, 6.07) is 5.30. The van der Waals surface area contributed by atoms with Crippen molar-refractivity contribution < 1.29 is 14.3 Å². The molecular weight excluding hydrogens is 316 g/mol. The van der Waals surface area contributed by atoms with Gasteiger partial charge in [-0.3, -0.25) is 4.79 Å². The van der Waals surface area contributed by atoms with Crippen molar-refractivity contribution in [1.82, 2.24) is 5.32 Å². The van der Waals surface area contributed by atoms with Crippen molar-refractivity contribution in [2.24, 2.45) is 5.92 Å². The van der Waals surface area contributed by atoms with E-state index in [1.54, 1.807) is 18.2 Å². The zero-order chi connectivity index (χ0) is 16.1. The minimum Gasteiger partial charge on any atom is -0.489 e. The summed E-state index contributed by atoms with van der Waals surface area (Å²) >= 11 is 6.07. The van der Waals surface area contributed by atoms with Gasteiger partial charge in [-0.1, -0.05) is 11.6 Å². The van der Waals surface area contributed by atoms with Crippen LogP contribution in [0, 0.1) is 5.92 Å². The van der Waals surface area contributed by atoms with Gasteiger partial charge in [-0.05, 0) is 50.4 Å². The van der Waals surface area contributed by atoms with Crippen molar-refractivity contribution in [3.8, 4) is 5.75 Å². The third-order valence-electron chi connectivity index (χ3n) is 4.32. The van der Waals surface area contributed by atoms with Crippen LogP contribution in [-0.2, 0) is 9.53 Å². The Kier molecular flexibility index (Phi) is 5.75. The van der Waals surface area contributed by atoms with Gasteiger partial charge < -0.3 is 20.1 Å². The van der Waals surface area contributed by atoms with Gasteiger partial charge in [-0.25, -0.2) is 0 Å². The minimum absolute atomic E-state index is 0.00579. The number of halogens is 1. The topological polar surface area (TPSA) is 59.6 Å². The largest absolute Gasteiger partial charge is 0.489 e. The SMILES string of the molecule is O=C(Nc1cc(Cl)ccc1OCC1CCCO1)C1CCCNC1. The number of ether oxygens (including phenoxy) is 2. The highest BCUT2D eigenvalue weighted by molar-refractivity contribution is 6.31. The summed E-state index contributed by atoms with van der Waals surface area (Å²) in [4.78, 5) is 12.4. The molecule has 126 valence electrons. The van der Waals surface area contributed by atoms with Gasteiger partial charge in [0, 0.05) is 18.2 Å². The molecule has 0 aromatic heterocycles. The molecule has 0 aliphatic carbocycles. The Morgan fingerprint density at radius 1 is 1.39 bits per heavy atom. The number of piperidine rings is 1. The molecule has 1 aromatic carbocycles. The molecule has 2 saturated heterocycles. The van der Waals surface area contributed by atoms with Crippen molar-refractivity contribution in [1.29, 1.82) is 0 Å². The van der Waals surface area contributed by atoms with Crippen molar-refractivity contribution in [3.05, 3.63) is 23.2 Å². The van der Waals surface area contributed by atoms with Crippen LogP contribution in [-0.4, -0.2) is 38.3 Å². The van der Waals surface area contributed by atoms with Crippen LogP contribution >= 0.6 is 11.6 Å². The molecule has 2 unspecified atom stereocenters. The molecule has 2 aliphatic rings. The van der Waals surface area contributed by atoms with Gasteiger partial charge in [0.15, 0.2) is 0 Å². The maximum Gasteiger partial charge on any atom is 0.228 e. The maximum atomic E-state index is 12.4. The first-order chi connectivity index (χ1) is 11.2. The minimum atomic E-state index is -0.00579. The number of benzene rings is 1. The Bertz CT molecular complexity index is 541. The van der Waals surface area contributed by atoms with E-state index in [1.807, 2.05) is 0 Å². The molecule has 2 atom stereocenters. The maximum absolute atomic E-state index is 12.4. The lowest BCUT2D eigenvalue weighted by Crippen LogP contribution is -2.37. The van der Waals surface area contributed by atoms with Crippen LogP contribution in [0.15, 0.2) is 18.2 Å². The number of carbonyl (C=O) groups is 1. The molecule has 6 heteroatoms. The van der Waals surface area contributed by atoms with E-state index in [9.17, 15) is 4.79 Å². The Morgan fingerprint density at radius 2 is 2.30 bits per heavy atom. The molecule has 2 N–H and O–H groups in total. The van der Waals surface area contributed by atoms with Gasteiger partial charge in [-0.15, -0.1) is 0 Å². The number of anilines is 1. The van der Waals surface area contributed by atoms with Gasteiger partial charge in [0.2, 0.25) is 5.91 Å². The number of hydrogen-bond donors (Lipinski definition) is 2. The Hall–Kier alpha value is -1.30. The molecule has 0 radical (unpaired) electrons. The smallest absolute Gasteiger partial charge is 0.228 e. The van der Waals surface area contributed by atoms with Crippen LogP contribution in [0.3, 0.4) is 0 Å². The lowest BCUT2D eigenvalue weighted by Gasteiger charge is -2.23. The molecule has 5 nitrogen and oxygen atoms in total. The molecular formula is C17H23ClN2O3. The predicted octanol–water partition coefficient (Wildman–Crippen LogP) is 2.84. The van der Waals surface area contributed by atoms with E-state index in [2.05, 4.69) is 10.6 Å². The van der Waals surface area contributed by atoms with Gasteiger partial charge in [-0.2, -0.15) is 0 Å². The highest BCUT2D eigenvalue weighted by atomic mass is 35.5. The van der Waals surface area contributed by atoms with Crippen molar-refractivity contribution >= 4 is 23.2 Å². The number of carbonyl (C=O) groups excluding carboxylic acids is 1. The van der Waals surface area contributed by atoms with E-state index < -0.39 is 0 Å². The Morgan fingerprint density at radius 3 is 3.04 bits per heavy atom. The van der Waals surface area contributed by atoms with Gasteiger partial charge in [0.05, 0.1) is 17.7 Å². The van der Waals surface area contributed by atoms with Crippen LogP contribution in [0.1, 0.15) is 25.7 Å². The molecule has 1 aromatic rings. The van der Waals surface area contributed by atoms with E-state index in [4.69, 9.17) is 21.1 Å². The lowest BCUT2D eigenvalue weighted by atomic mass is 9.99. The third kappa shape index (κ3) is 4.59. The first-order valence-electron chi connectivity index (χ1n) is 8.28. The van der Waals surface area contributed by atoms with Crippen molar-refractivity contribution in [3.63, 3.8) is 0 Å². The van der Waals surface area contributed by atoms with E-state index in [-0.39, 0.29) is 17.9 Å². The summed E-state index contributed by atoms with van der Waals surface area (Å²) in [5.74, 6) is 0.650. The second-order valence-electron chi connectivity index (χ2n) is 6.12. The average molecular weight is 339 g/mol. The molecule has 0 saturated carbocycles. The van der Waals surface area contributed by atoms with E-state index in [1.165, 1.54) is 0 Å². The van der Waals surface area contributed by atoms with Gasteiger partial charge in [0.25, 0.3) is 0 Å². The highest BCUT2D eigenvalue weighted by Gasteiger charge is 2.22. The fourth-order valence-corrected chi connectivity index (χ4v) is 3.17. The fourth-order valence-electron chi connectivity index (χ4n) is 2.99. The van der Waals surface area contributed by atoms with Crippen LogP contribution in [0.4, 0.5) is 5.69 Å². The quantitative estimate of drug-likeness (QED) is 0.866. The molecule has 3 rings (SSSR count). The lowest BCUT2D eigenvalue weighted by molar-refractivity contribution is -0.120. The van der Waals surface area contributed by atoms with Crippen LogP contribution < -0.4 is 15.4 Å². The van der Waals surface area contributed by atoms with Crippen LogP contribution in [0.2, 0.25) is 5.02 Å². The molecule has 23 heavy (non-hydrogen) atoms. The molecule has 2 fully saturated rings. The first kappa shape index (κ1) is 16.6. The van der Waals surface area contributed by atoms with Crippen LogP contribution in [0.25, 0.3) is 0 Å².